The molecule has 0 aliphatic carbocycles. The molecule has 0 spiro atoms. The fraction of sp³-hybridized carbons (Fsp3) is 0.0952. The molecule has 0 saturated heterocycles. The first kappa shape index (κ1) is 35.8. The zero-order valence-electron chi connectivity index (χ0n) is 28.0. The minimum absolute atomic E-state index is 0. The van der Waals surface area contributed by atoms with Crippen molar-refractivity contribution in [3.63, 3.8) is 0 Å². The van der Waals surface area contributed by atoms with E-state index in [0.29, 0.717) is 28.9 Å². The van der Waals surface area contributed by atoms with Gasteiger partial charge in [0.05, 0.1) is 0 Å². The van der Waals surface area contributed by atoms with E-state index in [2.05, 4.69) is 44.2 Å². The van der Waals surface area contributed by atoms with Crippen LogP contribution in [-0.2, 0) is 40.8 Å². The number of fused-ring (bicyclic) bond motifs is 3. The van der Waals surface area contributed by atoms with Gasteiger partial charge in [-0.2, -0.15) is 22.9 Å². The molecule has 0 unspecified atom stereocenters. The van der Waals surface area contributed by atoms with E-state index >= 15 is 0 Å². The maximum absolute atomic E-state index is 6.43. The van der Waals surface area contributed by atoms with Gasteiger partial charge in [-0.1, -0.05) is 71.4 Å². The van der Waals surface area contributed by atoms with Gasteiger partial charge in [-0.15, -0.1) is 59.7 Å². The smallest absolute Gasteiger partial charge is 0.503 e. The number of hydrogen-bond donors (Lipinski definition) is 0. The van der Waals surface area contributed by atoms with Crippen LogP contribution in [0, 0.1) is 52.0 Å². The maximum Gasteiger partial charge on any atom is 2.00 e. The Bertz CT molecular complexity index is 2360. The molecular formula is C42H29N5O2Pd2. The van der Waals surface area contributed by atoms with Gasteiger partial charge in [-0.3, -0.25) is 0 Å². The second kappa shape index (κ2) is 15.1. The summed E-state index contributed by atoms with van der Waals surface area (Å²) >= 11 is 0. The summed E-state index contributed by atoms with van der Waals surface area (Å²) in [5.41, 5.74) is 9.03. The molecule has 0 aliphatic heterocycles. The quantitative estimate of drug-likeness (QED) is 0.118. The Kier molecular flexibility index (Phi) is 10.6. The van der Waals surface area contributed by atoms with Crippen molar-refractivity contribution >= 4 is 21.8 Å². The van der Waals surface area contributed by atoms with E-state index in [9.17, 15) is 0 Å². The second-order valence-corrected chi connectivity index (χ2v) is 12.0. The normalized spacial score (nSPS) is 10.8. The van der Waals surface area contributed by atoms with E-state index in [-0.39, 0.29) is 40.8 Å². The molecule has 9 heteroatoms. The molecular weight excluding hydrogens is 819 g/mol. The van der Waals surface area contributed by atoms with Crippen molar-refractivity contribution in [1.82, 2.24) is 24.5 Å². The van der Waals surface area contributed by atoms with Crippen molar-refractivity contribution in [3.05, 3.63) is 150 Å². The van der Waals surface area contributed by atoms with Crippen LogP contribution in [0.25, 0.3) is 50.3 Å². The van der Waals surface area contributed by atoms with E-state index in [0.717, 1.165) is 66.6 Å². The molecule has 0 radical (unpaired) electrons. The molecule has 4 aromatic heterocycles. The number of rotatable bonds is 7. The first-order valence-electron chi connectivity index (χ1n) is 15.9. The minimum Gasteiger partial charge on any atom is -0.503 e. The summed E-state index contributed by atoms with van der Waals surface area (Å²) in [6.07, 6.45) is 7.04. The fourth-order valence-electron chi connectivity index (χ4n) is 5.74. The van der Waals surface area contributed by atoms with Gasteiger partial charge in [0.25, 0.3) is 0 Å². The molecule has 51 heavy (non-hydrogen) atoms. The summed E-state index contributed by atoms with van der Waals surface area (Å²) in [4.78, 5) is 18.2. The third kappa shape index (κ3) is 7.26. The molecule has 0 aliphatic rings. The number of aromatic nitrogens is 5. The van der Waals surface area contributed by atoms with E-state index in [1.165, 1.54) is 0 Å². The van der Waals surface area contributed by atoms with Gasteiger partial charge in [0.1, 0.15) is 0 Å². The van der Waals surface area contributed by atoms with Gasteiger partial charge < -0.3 is 24.0 Å². The fourth-order valence-corrected chi connectivity index (χ4v) is 5.74. The molecule has 0 amide bonds. The van der Waals surface area contributed by atoms with Crippen LogP contribution < -0.4 is 9.47 Å². The Morgan fingerprint density at radius 3 is 1.43 bits per heavy atom. The van der Waals surface area contributed by atoms with Crippen molar-refractivity contribution in [2.24, 2.45) is 0 Å². The van der Waals surface area contributed by atoms with Gasteiger partial charge in [-0.05, 0) is 43.4 Å². The Morgan fingerprint density at radius 2 is 0.980 bits per heavy atom. The van der Waals surface area contributed by atoms with Crippen LogP contribution in [0.1, 0.15) is 22.3 Å². The van der Waals surface area contributed by atoms with E-state index in [1.807, 2.05) is 105 Å². The summed E-state index contributed by atoms with van der Waals surface area (Å²) < 4.78 is 14.8. The molecule has 8 aromatic rings. The molecule has 4 heterocycles. The molecule has 0 N–H and O–H groups in total. The van der Waals surface area contributed by atoms with Crippen LogP contribution >= 0.6 is 0 Å². The number of ether oxygens (including phenoxy) is 2. The average Bonchev–Trinajstić information content (AvgIpc) is 3.43. The third-order valence-corrected chi connectivity index (χ3v) is 8.31. The first-order valence-corrected chi connectivity index (χ1v) is 15.9. The third-order valence-electron chi connectivity index (χ3n) is 8.31. The molecule has 254 valence electrons. The van der Waals surface area contributed by atoms with Gasteiger partial charge in [0.15, 0.2) is 0 Å². The second-order valence-electron chi connectivity index (χ2n) is 12.0. The van der Waals surface area contributed by atoms with Crippen LogP contribution in [0.5, 0.6) is 23.0 Å². The van der Waals surface area contributed by atoms with Crippen LogP contribution in [0.3, 0.4) is 0 Å². The number of aryl methyl sites for hydroxylation is 4. The molecule has 8 rings (SSSR count). The predicted molar refractivity (Wildman–Crippen MR) is 190 cm³/mol. The van der Waals surface area contributed by atoms with Crippen molar-refractivity contribution in [1.29, 1.82) is 0 Å². The van der Waals surface area contributed by atoms with Crippen molar-refractivity contribution in [2.45, 2.75) is 27.7 Å². The van der Waals surface area contributed by atoms with E-state index in [1.54, 1.807) is 30.9 Å². The van der Waals surface area contributed by atoms with Gasteiger partial charge in [0, 0.05) is 47.8 Å². The molecule has 0 saturated carbocycles. The zero-order chi connectivity index (χ0) is 33.5. The zero-order valence-corrected chi connectivity index (χ0v) is 31.1. The van der Waals surface area contributed by atoms with Crippen LogP contribution in [-0.4, -0.2) is 24.5 Å². The molecule has 0 bridgehead atoms. The predicted octanol–water partition coefficient (Wildman–Crippen LogP) is 9.71. The van der Waals surface area contributed by atoms with E-state index < -0.39 is 0 Å². The summed E-state index contributed by atoms with van der Waals surface area (Å²) in [5.74, 6) is 2.75. The van der Waals surface area contributed by atoms with Gasteiger partial charge in [0.2, 0.25) is 5.95 Å². The summed E-state index contributed by atoms with van der Waals surface area (Å²) in [5, 5.41) is 1.90. The van der Waals surface area contributed by atoms with Crippen molar-refractivity contribution < 1.29 is 50.3 Å². The van der Waals surface area contributed by atoms with Crippen LogP contribution in [0.2, 0.25) is 0 Å². The van der Waals surface area contributed by atoms with Crippen LogP contribution in [0.4, 0.5) is 0 Å². The largest absolute Gasteiger partial charge is 2.00 e. The molecule has 7 nitrogen and oxygen atoms in total. The van der Waals surface area contributed by atoms with E-state index in [4.69, 9.17) is 9.47 Å². The maximum atomic E-state index is 6.43. The number of nitrogens with zero attached hydrogens (tertiary/aromatic N) is 5. The van der Waals surface area contributed by atoms with Crippen molar-refractivity contribution in [2.75, 3.05) is 0 Å². The first-order chi connectivity index (χ1) is 23.9. The van der Waals surface area contributed by atoms with Crippen molar-refractivity contribution in [3.8, 4) is 51.5 Å². The number of hydrogen-bond acceptors (Lipinski definition) is 6. The Hall–Kier alpha value is -5.02. The monoisotopic (exact) mass is 847 g/mol. The molecule has 0 atom stereocenters. The summed E-state index contributed by atoms with van der Waals surface area (Å²) in [6, 6.07) is 39.5. The Morgan fingerprint density at radius 1 is 0.510 bits per heavy atom. The number of benzene rings is 4. The Labute approximate surface area is 324 Å². The average molecular weight is 849 g/mol. The SMILES string of the molecule is Cc1ccnc(-c2[c-]c(Oc3[c-]c4c(cc3)c3ccc(Oc5[c-]c(-c6cc(C)ccn6)ccc5C)[c-]c3n4-c3ncccn3)c(C)cc2)c1.[Pd+2].[Pd+2]. The molecule has 0 fully saturated rings. The van der Waals surface area contributed by atoms with Gasteiger partial charge in [-0.25, -0.2) is 9.97 Å². The summed E-state index contributed by atoms with van der Waals surface area (Å²) in [6.45, 7) is 8.08. The summed E-state index contributed by atoms with van der Waals surface area (Å²) in [7, 11) is 0. The molecule has 4 aromatic carbocycles. The van der Waals surface area contributed by atoms with Gasteiger partial charge >= 0.3 is 40.8 Å². The topological polar surface area (TPSA) is 75.0 Å². The van der Waals surface area contributed by atoms with Crippen LogP contribution in [0.15, 0.2) is 104 Å². The Balaban J connectivity index is 0.00000224. The standard InChI is InChI=1S/C42H29N5O2.2Pd/c1-26-14-18-43-36(20-26)30-8-6-28(3)40(22-30)48-32-10-12-34-35-13-11-33(25-39(35)47(38(34)24-32)42-45-16-5-17-46-42)49-41-23-31(9-7-29(41)4)37-21-27(2)15-19-44-37;;/h5-21H,1-4H3;;/q-4;2*+2. The number of pyridine rings is 2. The minimum atomic E-state index is 0.